The van der Waals surface area contributed by atoms with Gasteiger partial charge in [0.15, 0.2) is 0 Å². The van der Waals surface area contributed by atoms with E-state index in [0.717, 1.165) is 4.88 Å². The van der Waals surface area contributed by atoms with Gasteiger partial charge in [0.1, 0.15) is 5.78 Å². The van der Waals surface area contributed by atoms with Crippen molar-refractivity contribution in [2.75, 3.05) is 0 Å². The average molecular weight is 239 g/mol. The summed E-state index contributed by atoms with van der Waals surface area (Å²) in [6.07, 6.45) is 0.00353. The summed E-state index contributed by atoms with van der Waals surface area (Å²) in [5.74, 6) is -0.169. The Morgan fingerprint density at radius 3 is 2.56 bits per heavy atom. The van der Waals surface area contributed by atoms with Gasteiger partial charge >= 0.3 is 0 Å². The molecule has 0 fully saturated rings. The number of amides is 1. The highest BCUT2D eigenvalue weighted by Gasteiger charge is 2.18. The van der Waals surface area contributed by atoms with Crippen LogP contribution in [0.5, 0.6) is 0 Å². The highest BCUT2D eigenvalue weighted by Crippen LogP contribution is 2.14. The van der Waals surface area contributed by atoms with Crippen molar-refractivity contribution in [3.8, 4) is 0 Å². The van der Waals surface area contributed by atoms with E-state index in [0.29, 0.717) is 6.54 Å². The molecule has 0 saturated carbocycles. The molecule has 0 bridgehead atoms. The van der Waals surface area contributed by atoms with Crippen molar-refractivity contribution in [3.63, 3.8) is 0 Å². The fourth-order valence-electron chi connectivity index (χ4n) is 1.44. The van der Waals surface area contributed by atoms with Crippen molar-refractivity contribution >= 4 is 23.0 Å². The van der Waals surface area contributed by atoms with E-state index in [-0.39, 0.29) is 24.2 Å². The van der Waals surface area contributed by atoms with E-state index < -0.39 is 0 Å². The molecular weight excluding hydrogens is 222 g/mol. The standard InChI is InChI=1S/C12H17NO2S/c1-9(2)13(12(15)7-10(3)14)8-11-5-4-6-16-11/h4-6,9H,7-8H2,1-3H3. The lowest BCUT2D eigenvalue weighted by molar-refractivity contribution is -0.136. The molecule has 0 spiro atoms. The van der Waals surface area contributed by atoms with Gasteiger partial charge in [-0.2, -0.15) is 0 Å². The molecule has 1 aromatic heterocycles. The van der Waals surface area contributed by atoms with Gasteiger partial charge in [-0.3, -0.25) is 9.59 Å². The highest BCUT2D eigenvalue weighted by molar-refractivity contribution is 7.09. The third-order valence-corrected chi connectivity index (χ3v) is 3.11. The quantitative estimate of drug-likeness (QED) is 0.740. The number of carbonyl (C=O) groups excluding carboxylic acids is 2. The molecule has 0 unspecified atom stereocenters. The van der Waals surface area contributed by atoms with Crippen LogP contribution in [-0.4, -0.2) is 22.6 Å². The molecule has 4 heteroatoms. The third-order valence-electron chi connectivity index (χ3n) is 2.25. The van der Waals surface area contributed by atoms with Crippen LogP contribution in [0.15, 0.2) is 17.5 Å². The Morgan fingerprint density at radius 2 is 2.12 bits per heavy atom. The van der Waals surface area contributed by atoms with Gasteiger partial charge in [-0.25, -0.2) is 0 Å². The summed E-state index contributed by atoms with van der Waals surface area (Å²) in [4.78, 5) is 25.7. The summed E-state index contributed by atoms with van der Waals surface area (Å²) >= 11 is 1.63. The Hall–Kier alpha value is -1.16. The first-order valence-electron chi connectivity index (χ1n) is 5.32. The second-order valence-electron chi connectivity index (χ2n) is 4.07. The molecule has 0 aliphatic carbocycles. The van der Waals surface area contributed by atoms with Gasteiger partial charge in [0.25, 0.3) is 0 Å². The van der Waals surface area contributed by atoms with E-state index in [4.69, 9.17) is 0 Å². The van der Waals surface area contributed by atoms with Crippen LogP contribution in [0.1, 0.15) is 32.1 Å². The van der Waals surface area contributed by atoms with Crippen LogP contribution in [0, 0.1) is 0 Å². The minimum Gasteiger partial charge on any atom is -0.335 e. The molecule has 3 nitrogen and oxygen atoms in total. The molecule has 0 aliphatic rings. The van der Waals surface area contributed by atoms with Crippen molar-refractivity contribution in [3.05, 3.63) is 22.4 Å². The number of ketones is 1. The van der Waals surface area contributed by atoms with Crippen LogP contribution >= 0.6 is 11.3 Å². The molecule has 0 N–H and O–H groups in total. The van der Waals surface area contributed by atoms with Gasteiger partial charge in [-0.1, -0.05) is 6.07 Å². The minimum absolute atomic E-state index is 0.00353. The van der Waals surface area contributed by atoms with Crippen molar-refractivity contribution < 1.29 is 9.59 Å². The number of hydrogen-bond acceptors (Lipinski definition) is 3. The van der Waals surface area contributed by atoms with Crippen LogP contribution in [0.25, 0.3) is 0 Å². The summed E-state index contributed by atoms with van der Waals surface area (Å²) in [6.45, 7) is 5.97. The zero-order valence-corrected chi connectivity index (χ0v) is 10.7. The molecule has 16 heavy (non-hydrogen) atoms. The fourth-order valence-corrected chi connectivity index (χ4v) is 2.15. The summed E-state index contributed by atoms with van der Waals surface area (Å²) in [7, 11) is 0. The monoisotopic (exact) mass is 239 g/mol. The maximum atomic E-state index is 11.8. The average Bonchev–Trinajstić information content (AvgIpc) is 2.64. The van der Waals surface area contributed by atoms with Gasteiger partial charge in [-0.05, 0) is 32.2 Å². The summed E-state index contributed by atoms with van der Waals surface area (Å²) in [5, 5.41) is 1.99. The van der Waals surface area contributed by atoms with E-state index >= 15 is 0 Å². The number of thiophene rings is 1. The highest BCUT2D eigenvalue weighted by atomic mass is 32.1. The summed E-state index contributed by atoms with van der Waals surface area (Å²) in [6, 6.07) is 4.09. The lowest BCUT2D eigenvalue weighted by atomic mass is 10.2. The van der Waals surface area contributed by atoms with Crippen LogP contribution < -0.4 is 0 Å². The maximum absolute atomic E-state index is 11.8. The van der Waals surface area contributed by atoms with Gasteiger partial charge < -0.3 is 4.90 Å². The van der Waals surface area contributed by atoms with E-state index in [1.165, 1.54) is 6.92 Å². The van der Waals surface area contributed by atoms with Crippen LogP contribution in [0.4, 0.5) is 0 Å². The number of rotatable bonds is 5. The predicted octanol–water partition coefficient (Wildman–Crippen LogP) is 2.46. The van der Waals surface area contributed by atoms with E-state index in [1.54, 1.807) is 16.2 Å². The lowest BCUT2D eigenvalue weighted by Crippen LogP contribution is -2.36. The normalized spacial score (nSPS) is 10.5. The Labute approximate surface area is 100 Å². The number of hydrogen-bond donors (Lipinski definition) is 0. The number of Topliss-reactive ketones (excluding diaryl/α,β-unsaturated/α-hetero) is 1. The Balaban J connectivity index is 2.67. The zero-order chi connectivity index (χ0) is 12.1. The Morgan fingerprint density at radius 1 is 1.44 bits per heavy atom. The molecule has 1 heterocycles. The Bertz CT molecular complexity index is 357. The maximum Gasteiger partial charge on any atom is 0.230 e. The minimum atomic E-state index is -0.0871. The first-order valence-corrected chi connectivity index (χ1v) is 6.20. The van der Waals surface area contributed by atoms with Gasteiger partial charge in [0.2, 0.25) is 5.91 Å². The Kier molecular flexibility index (Phi) is 4.68. The molecule has 0 radical (unpaired) electrons. The molecule has 1 rings (SSSR count). The van der Waals surface area contributed by atoms with Crippen LogP contribution in [0.2, 0.25) is 0 Å². The SMILES string of the molecule is CC(=O)CC(=O)N(Cc1cccs1)C(C)C. The molecule has 0 atom stereocenters. The second kappa shape index (κ2) is 5.80. The lowest BCUT2D eigenvalue weighted by Gasteiger charge is -2.25. The number of nitrogens with zero attached hydrogens (tertiary/aromatic N) is 1. The first-order chi connectivity index (χ1) is 7.50. The second-order valence-corrected chi connectivity index (χ2v) is 5.11. The van der Waals surface area contributed by atoms with E-state index in [2.05, 4.69) is 0 Å². The van der Waals surface area contributed by atoms with Crippen LogP contribution in [-0.2, 0) is 16.1 Å². The predicted molar refractivity (Wildman–Crippen MR) is 65.3 cm³/mol. The smallest absolute Gasteiger partial charge is 0.230 e. The van der Waals surface area contributed by atoms with E-state index in [9.17, 15) is 9.59 Å². The topological polar surface area (TPSA) is 37.4 Å². The summed E-state index contributed by atoms with van der Waals surface area (Å²) < 4.78 is 0. The van der Waals surface area contributed by atoms with Gasteiger partial charge in [0, 0.05) is 10.9 Å². The first kappa shape index (κ1) is 12.9. The third kappa shape index (κ3) is 3.77. The van der Waals surface area contributed by atoms with Crippen molar-refractivity contribution in [1.82, 2.24) is 4.90 Å². The molecule has 88 valence electrons. The molecule has 0 saturated heterocycles. The zero-order valence-electron chi connectivity index (χ0n) is 9.90. The van der Waals surface area contributed by atoms with Gasteiger partial charge in [0.05, 0.1) is 13.0 Å². The van der Waals surface area contributed by atoms with Crippen LogP contribution in [0.3, 0.4) is 0 Å². The fraction of sp³-hybridized carbons (Fsp3) is 0.500. The van der Waals surface area contributed by atoms with Crippen molar-refractivity contribution in [2.45, 2.75) is 39.8 Å². The largest absolute Gasteiger partial charge is 0.335 e. The molecule has 0 aliphatic heterocycles. The molecule has 1 aromatic rings. The van der Waals surface area contributed by atoms with E-state index in [1.807, 2.05) is 31.4 Å². The summed E-state index contributed by atoms with van der Waals surface area (Å²) in [5.41, 5.74) is 0. The molecular formula is C12H17NO2S. The van der Waals surface area contributed by atoms with Gasteiger partial charge in [-0.15, -0.1) is 11.3 Å². The number of carbonyl (C=O) groups is 2. The van der Waals surface area contributed by atoms with Crippen molar-refractivity contribution in [1.29, 1.82) is 0 Å². The molecule has 0 aromatic carbocycles. The van der Waals surface area contributed by atoms with Crippen molar-refractivity contribution in [2.24, 2.45) is 0 Å². The molecule has 1 amide bonds.